The lowest BCUT2D eigenvalue weighted by atomic mass is 10.0. The topological polar surface area (TPSA) is 47.7 Å². The van der Waals surface area contributed by atoms with Crippen LogP contribution in [0.15, 0.2) is 18.2 Å². The number of halogens is 2. The fourth-order valence-corrected chi connectivity index (χ4v) is 2.45. The van der Waals surface area contributed by atoms with E-state index < -0.39 is 11.6 Å². The van der Waals surface area contributed by atoms with Gasteiger partial charge < -0.3 is 15.2 Å². The van der Waals surface area contributed by atoms with Crippen LogP contribution in [-0.2, 0) is 9.47 Å². The highest BCUT2D eigenvalue weighted by atomic mass is 19.1. The zero-order chi connectivity index (χ0) is 15.8. The molecule has 0 spiro atoms. The Kier molecular flexibility index (Phi) is 7.74. The van der Waals surface area contributed by atoms with Crippen LogP contribution in [0.4, 0.5) is 8.78 Å². The van der Waals surface area contributed by atoms with Gasteiger partial charge in [-0.2, -0.15) is 0 Å². The minimum absolute atomic E-state index is 0.0463. The summed E-state index contributed by atoms with van der Waals surface area (Å²) in [5, 5.41) is 0. The lowest BCUT2D eigenvalue weighted by Crippen LogP contribution is -2.44. The highest BCUT2D eigenvalue weighted by Gasteiger charge is 2.24. The summed E-state index contributed by atoms with van der Waals surface area (Å²) < 4.78 is 37.2. The largest absolute Gasteiger partial charge is 0.383 e. The van der Waals surface area contributed by atoms with Crippen molar-refractivity contribution in [1.82, 2.24) is 4.90 Å². The van der Waals surface area contributed by atoms with Crippen LogP contribution in [0.2, 0.25) is 0 Å². The highest BCUT2D eigenvalue weighted by Crippen LogP contribution is 2.24. The van der Waals surface area contributed by atoms with Crippen molar-refractivity contribution in [1.29, 1.82) is 0 Å². The standard InChI is InChI=1S/C15H24F2N2O2/c1-11(10-21-3)19(4-5-20-2)15(9-18)12-6-13(16)8-14(17)7-12/h6-8,11,15H,4-5,9-10,18H2,1-3H3. The first-order valence-corrected chi connectivity index (χ1v) is 6.93. The molecule has 0 aromatic heterocycles. The Morgan fingerprint density at radius 2 is 1.76 bits per heavy atom. The SMILES string of the molecule is COCCN(C(C)COC)C(CN)c1cc(F)cc(F)c1. The van der Waals surface area contributed by atoms with Crippen molar-refractivity contribution in [2.24, 2.45) is 5.73 Å². The maximum absolute atomic E-state index is 13.4. The minimum Gasteiger partial charge on any atom is -0.383 e. The quantitative estimate of drug-likeness (QED) is 0.757. The second-order valence-corrected chi connectivity index (χ2v) is 4.99. The van der Waals surface area contributed by atoms with E-state index in [1.165, 1.54) is 12.1 Å². The van der Waals surface area contributed by atoms with Crippen LogP contribution >= 0.6 is 0 Å². The smallest absolute Gasteiger partial charge is 0.126 e. The van der Waals surface area contributed by atoms with Crippen molar-refractivity contribution in [3.05, 3.63) is 35.4 Å². The summed E-state index contributed by atoms with van der Waals surface area (Å²) in [6, 6.07) is 3.25. The zero-order valence-corrected chi connectivity index (χ0v) is 12.8. The molecule has 0 fully saturated rings. The molecule has 6 heteroatoms. The molecule has 120 valence electrons. The molecule has 1 aromatic carbocycles. The summed E-state index contributed by atoms with van der Waals surface area (Å²) in [4.78, 5) is 2.04. The van der Waals surface area contributed by atoms with Crippen molar-refractivity contribution in [3.63, 3.8) is 0 Å². The molecule has 0 aliphatic rings. The number of hydrogen-bond donors (Lipinski definition) is 1. The van der Waals surface area contributed by atoms with Crippen molar-refractivity contribution in [2.45, 2.75) is 19.0 Å². The molecule has 2 atom stereocenters. The van der Waals surface area contributed by atoms with Gasteiger partial charge in [0.05, 0.1) is 13.2 Å². The average Bonchev–Trinajstić information content (AvgIpc) is 2.42. The molecule has 0 bridgehead atoms. The van der Waals surface area contributed by atoms with E-state index >= 15 is 0 Å². The van der Waals surface area contributed by atoms with Gasteiger partial charge in [0.2, 0.25) is 0 Å². The predicted molar refractivity (Wildman–Crippen MR) is 78.1 cm³/mol. The van der Waals surface area contributed by atoms with E-state index in [1.807, 2.05) is 11.8 Å². The Balaban J connectivity index is 3.03. The Labute approximate surface area is 124 Å². The van der Waals surface area contributed by atoms with Crippen LogP contribution in [0.5, 0.6) is 0 Å². The second kappa shape index (κ2) is 9.04. The fourth-order valence-electron chi connectivity index (χ4n) is 2.45. The summed E-state index contributed by atoms with van der Waals surface area (Å²) in [6.45, 7) is 3.83. The first-order valence-electron chi connectivity index (χ1n) is 6.93. The molecule has 0 saturated heterocycles. The maximum Gasteiger partial charge on any atom is 0.126 e. The fraction of sp³-hybridized carbons (Fsp3) is 0.600. The van der Waals surface area contributed by atoms with Gasteiger partial charge in [-0.1, -0.05) is 0 Å². The number of rotatable bonds is 9. The monoisotopic (exact) mass is 302 g/mol. The first kappa shape index (κ1) is 18.0. The van der Waals surface area contributed by atoms with Crippen LogP contribution in [0.25, 0.3) is 0 Å². The average molecular weight is 302 g/mol. The summed E-state index contributed by atoms with van der Waals surface area (Å²) >= 11 is 0. The van der Waals surface area contributed by atoms with Gasteiger partial charge in [0.15, 0.2) is 0 Å². The van der Waals surface area contributed by atoms with E-state index in [0.717, 1.165) is 6.07 Å². The van der Waals surface area contributed by atoms with E-state index in [0.29, 0.717) is 25.3 Å². The molecular weight excluding hydrogens is 278 g/mol. The zero-order valence-electron chi connectivity index (χ0n) is 12.8. The Morgan fingerprint density at radius 1 is 1.14 bits per heavy atom. The van der Waals surface area contributed by atoms with Gasteiger partial charge >= 0.3 is 0 Å². The van der Waals surface area contributed by atoms with Crippen LogP contribution in [-0.4, -0.2) is 51.5 Å². The molecule has 0 amide bonds. The Morgan fingerprint density at radius 3 is 2.24 bits per heavy atom. The summed E-state index contributed by atoms with van der Waals surface area (Å²) in [5.41, 5.74) is 6.37. The normalized spacial score (nSPS) is 14.4. The molecule has 0 saturated carbocycles. The molecular formula is C15H24F2N2O2. The van der Waals surface area contributed by atoms with Crippen molar-refractivity contribution >= 4 is 0 Å². The van der Waals surface area contributed by atoms with Crippen LogP contribution in [0.1, 0.15) is 18.5 Å². The second-order valence-electron chi connectivity index (χ2n) is 4.99. The molecule has 0 heterocycles. The van der Waals surface area contributed by atoms with Crippen LogP contribution in [0, 0.1) is 11.6 Å². The van der Waals surface area contributed by atoms with Crippen LogP contribution in [0.3, 0.4) is 0 Å². The number of nitrogens with zero attached hydrogens (tertiary/aromatic N) is 1. The number of ether oxygens (including phenoxy) is 2. The van der Waals surface area contributed by atoms with Gasteiger partial charge in [-0.25, -0.2) is 8.78 Å². The van der Waals surface area contributed by atoms with Crippen molar-refractivity contribution in [2.75, 3.05) is 40.5 Å². The number of nitrogens with two attached hydrogens (primary N) is 1. The maximum atomic E-state index is 13.4. The van der Waals surface area contributed by atoms with E-state index in [9.17, 15) is 8.78 Å². The van der Waals surface area contributed by atoms with Crippen molar-refractivity contribution < 1.29 is 18.3 Å². The molecule has 0 radical (unpaired) electrons. The molecule has 1 aromatic rings. The lowest BCUT2D eigenvalue weighted by molar-refractivity contribution is 0.0485. The number of methoxy groups -OCH3 is 2. The van der Waals surface area contributed by atoms with Crippen LogP contribution < -0.4 is 5.73 Å². The van der Waals surface area contributed by atoms with Gasteiger partial charge in [0.25, 0.3) is 0 Å². The summed E-state index contributed by atoms with van der Waals surface area (Å²) in [5.74, 6) is -1.20. The molecule has 0 aliphatic carbocycles. The van der Waals surface area contributed by atoms with E-state index in [-0.39, 0.29) is 18.6 Å². The molecule has 0 aliphatic heterocycles. The summed E-state index contributed by atoms with van der Waals surface area (Å²) in [7, 11) is 3.22. The minimum atomic E-state index is -0.602. The first-order chi connectivity index (χ1) is 10.0. The number of benzene rings is 1. The molecule has 2 N–H and O–H groups in total. The predicted octanol–water partition coefficient (Wildman–Crippen LogP) is 1.95. The van der Waals surface area contributed by atoms with E-state index in [4.69, 9.17) is 15.2 Å². The Hall–Kier alpha value is -1.08. The van der Waals surface area contributed by atoms with Gasteiger partial charge in [0.1, 0.15) is 11.6 Å². The molecule has 4 nitrogen and oxygen atoms in total. The third-order valence-electron chi connectivity index (χ3n) is 3.42. The summed E-state index contributed by atoms with van der Waals surface area (Å²) in [6.07, 6.45) is 0. The molecule has 1 rings (SSSR count). The van der Waals surface area contributed by atoms with Gasteiger partial charge in [-0.3, -0.25) is 4.90 Å². The molecule has 2 unspecified atom stereocenters. The van der Waals surface area contributed by atoms with Gasteiger partial charge in [-0.15, -0.1) is 0 Å². The van der Waals surface area contributed by atoms with Crippen molar-refractivity contribution in [3.8, 4) is 0 Å². The van der Waals surface area contributed by atoms with E-state index in [2.05, 4.69) is 0 Å². The van der Waals surface area contributed by atoms with Gasteiger partial charge in [0, 0.05) is 45.5 Å². The molecule has 21 heavy (non-hydrogen) atoms. The third-order valence-corrected chi connectivity index (χ3v) is 3.42. The lowest BCUT2D eigenvalue weighted by Gasteiger charge is -2.35. The Bertz CT molecular complexity index is 412. The number of hydrogen-bond acceptors (Lipinski definition) is 4. The third kappa shape index (κ3) is 5.32. The highest BCUT2D eigenvalue weighted by molar-refractivity contribution is 5.22. The van der Waals surface area contributed by atoms with Gasteiger partial charge in [-0.05, 0) is 24.6 Å². The van der Waals surface area contributed by atoms with E-state index in [1.54, 1.807) is 14.2 Å².